The number of nitrogens with zero attached hydrogens (tertiary/aromatic N) is 5. The molecule has 0 atom stereocenters. The summed E-state index contributed by atoms with van der Waals surface area (Å²) in [5.41, 5.74) is 1.93. The summed E-state index contributed by atoms with van der Waals surface area (Å²) in [6.07, 6.45) is 5.44. The third-order valence-electron chi connectivity index (χ3n) is 6.83. The lowest BCUT2D eigenvalue weighted by Gasteiger charge is -2.33. The number of nitrogens with one attached hydrogen (secondary N) is 1. The van der Waals surface area contributed by atoms with Gasteiger partial charge in [0.1, 0.15) is 34.9 Å². The number of ether oxygens (including phenoxy) is 2. The number of thioether (sulfide) groups is 1. The van der Waals surface area contributed by atoms with Crippen LogP contribution >= 0.6 is 23.4 Å². The van der Waals surface area contributed by atoms with E-state index < -0.39 is 5.82 Å². The molecular weight excluding hydrogens is 515 g/mol. The summed E-state index contributed by atoms with van der Waals surface area (Å²) in [5, 5.41) is 4.16. The van der Waals surface area contributed by atoms with Crippen LogP contribution in [0.4, 0.5) is 16.0 Å². The van der Waals surface area contributed by atoms with Crippen molar-refractivity contribution in [3.63, 3.8) is 0 Å². The molecule has 11 heteroatoms. The van der Waals surface area contributed by atoms with Crippen molar-refractivity contribution in [2.45, 2.75) is 30.1 Å². The summed E-state index contributed by atoms with van der Waals surface area (Å²) in [6, 6.07) is 12.0. The van der Waals surface area contributed by atoms with E-state index >= 15 is 4.39 Å². The topological polar surface area (TPSA) is 85.3 Å². The maximum absolute atomic E-state index is 15.1. The van der Waals surface area contributed by atoms with Gasteiger partial charge in [-0.2, -0.15) is 4.98 Å². The highest BCUT2D eigenvalue weighted by Gasteiger charge is 2.53. The average Bonchev–Trinajstić information content (AvgIpc) is 3.75. The molecule has 0 amide bonds. The first-order chi connectivity index (χ1) is 18.0. The molecular formula is C26H24ClFN6O2S. The maximum atomic E-state index is 15.1. The van der Waals surface area contributed by atoms with Gasteiger partial charge in [0.15, 0.2) is 16.1 Å². The minimum atomic E-state index is -0.669. The van der Waals surface area contributed by atoms with Crippen LogP contribution in [-0.4, -0.2) is 46.5 Å². The molecule has 1 aliphatic carbocycles. The van der Waals surface area contributed by atoms with Crippen molar-refractivity contribution in [1.29, 1.82) is 0 Å². The first-order valence-electron chi connectivity index (χ1n) is 11.9. The zero-order valence-electron chi connectivity index (χ0n) is 20.3. The van der Waals surface area contributed by atoms with Crippen LogP contribution in [0.25, 0.3) is 10.9 Å². The summed E-state index contributed by atoms with van der Waals surface area (Å²) in [7, 11) is 1.65. The Balaban J connectivity index is 1.41. The van der Waals surface area contributed by atoms with E-state index in [0.29, 0.717) is 36.1 Å². The molecule has 0 spiro atoms. The Morgan fingerprint density at radius 1 is 1.19 bits per heavy atom. The number of rotatable bonds is 7. The van der Waals surface area contributed by atoms with Crippen LogP contribution < -0.4 is 19.7 Å². The lowest BCUT2D eigenvalue weighted by molar-refractivity contribution is 0.314. The van der Waals surface area contributed by atoms with Gasteiger partial charge in [-0.3, -0.25) is 0 Å². The fraction of sp³-hybridized carbons (Fsp3) is 0.308. The molecule has 0 unspecified atom stereocenters. The predicted molar refractivity (Wildman–Crippen MR) is 142 cm³/mol. The van der Waals surface area contributed by atoms with Crippen LogP contribution in [0.2, 0.25) is 5.15 Å². The third kappa shape index (κ3) is 4.18. The van der Waals surface area contributed by atoms with Crippen LogP contribution in [0.3, 0.4) is 0 Å². The Labute approximate surface area is 222 Å². The van der Waals surface area contributed by atoms with Crippen molar-refractivity contribution in [3.8, 4) is 11.6 Å². The Hall–Kier alpha value is -3.37. The highest BCUT2D eigenvalue weighted by molar-refractivity contribution is 7.98. The number of hydrogen-bond donors (Lipinski definition) is 1. The van der Waals surface area contributed by atoms with E-state index in [1.165, 1.54) is 11.8 Å². The van der Waals surface area contributed by atoms with Gasteiger partial charge in [-0.1, -0.05) is 41.6 Å². The Morgan fingerprint density at radius 2 is 2.00 bits per heavy atom. The summed E-state index contributed by atoms with van der Waals surface area (Å²) < 4.78 is 26.3. The van der Waals surface area contributed by atoms with E-state index in [-0.39, 0.29) is 22.1 Å². The van der Waals surface area contributed by atoms with E-state index in [0.717, 1.165) is 35.5 Å². The summed E-state index contributed by atoms with van der Waals surface area (Å²) in [5.74, 6) is 1.81. The van der Waals surface area contributed by atoms with Gasteiger partial charge >= 0.3 is 0 Å². The number of pyridine rings is 2. The molecule has 8 nitrogen and oxygen atoms in total. The summed E-state index contributed by atoms with van der Waals surface area (Å²) in [6.45, 7) is 1.51. The normalized spacial score (nSPS) is 15.7. The molecule has 0 saturated heterocycles. The maximum Gasteiger partial charge on any atom is 0.228 e. The second-order valence-electron chi connectivity index (χ2n) is 8.91. The van der Waals surface area contributed by atoms with Crippen LogP contribution in [-0.2, 0) is 12.1 Å². The van der Waals surface area contributed by atoms with Gasteiger partial charge in [0.25, 0.3) is 0 Å². The molecule has 190 valence electrons. The fourth-order valence-corrected chi connectivity index (χ4v) is 5.40. The number of anilines is 2. The van der Waals surface area contributed by atoms with Crippen LogP contribution in [0.1, 0.15) is 24.0 Å². The van der Waals surface area contributed by atoms with Gasteiger partial charge in [-0.25, -0.2) is 19.3 Å². The van der Waals surface area contributed by atoms with Crippen molar-refractivity contribution in [3.05, 3.63) is 64.7 Å². The number of hydrogen-bond acceptors (Lipinski definition) is 9. The molecule has 1 N–H and O–H groups in total. The van der Waals surface area contributed by atoms with Crippen molar-refractivity contribution in [1.82, 2.24) is 19.9 Å². The summed E-state index contributed by atoms with van der Waals surface area (Å²) in [4.78, 5) is 20.3. The minimum absolute atomic E-state index is 0.121. The van der Waals surface area contributed by atoms with Gasteiger partial charge in [0, 0.05) is 18.3 Å². The lowest BCUT2D eigenvalue weighted by Crippen LogP contribution is -2.39. The van der Waals surface area contributed by atoms with Gasteiger partial charge < -0.3 is 19.7 Å². The summed E-state index contributed by atoms with van der Waals surface area (Å²) >= 11 is 7.44. The Bertz CT molecular complexity index is 1480. The largest absolute Gasteiger partial charge is 0.497 e. The van der Waals surface area contributed by atoms with Crippen LogP contribution in [0, 0.1) is 5.82 Å². The number of aromatic nitrogens is 4. The standard InChI is InChI=1S/C26H24ClFN6O2S/c1-35-16-7-5-15(6-8-16)14-30-22-17(4-3-11-29-22)26(9-10-26)34-12-13-36-24-18-20(19(28)21(27)32-24)31-25(37-2)33-23(18)34/h3-8,11H,9-10,12-14H2,1-2H3,(H,29,30). The molecule has 4 heterocycles. The fourth-order valence-electron chi connectivity index (χ4n) is 4.88. The molecule has 1 fully saturated rings. The third-order valence-corrected chi connectivity index (χ3v) is 7.63. The zero-order valence-corrected chi connectivity index (χ0v) is 21.9. The molecule has 0 bridgehead atoms. The molecule has 4 aromatic rings. The Kier molecular flexibility index (Phi) is 6.16. The first-order valence-corrected chi connectivity index (χ1v) is 13.5. The first kappa shape index (κ1) is 24.0. The predicted octanol–water partition coefficient (Wildman–Crippen LogP) is 5.44. The molecule has 1 aromatic carbocycles. The number of halogens is 2. The zero-order chi connectivity index (χ0) is 25.6. The molecule has 37 heavy (non-hydrogen) atoms. The number of methoxy groups -OCH3 is 1. The van der Waals surface area contributed by atoms with E-state index in [1.807, 2.05) is 36.6 Å². The van der Waals surface area contributed by atoms with Crippen molar-refractivity contribution in [2.24, 2.45) is 0 Å². The molecule has 3 aromatic heterocycles. The average molecular weight is 539 g/mol. The van der Waals surface area contributed by atoms with E-state index in [1.54, 1.807) is 13.3 Å². The van der Waals surface area contributed by atoms with Crippen LogP contribution in [0.5, 0.6) is 11.6 Å². The minimum Gasteiger partial charge on any atom is -0.497 e. The second kappa shape index (κ2) is 9.50. The molecule has 1 aliphatic heterocycles. The van der Waals surface area contributed by atoms with Gasteiger partial charge in [0.05, 0.1) is 19.2 Å². The van der Waals surface area contributed by atoms with Gasteiger partial charge in [0.2, 0.25) is 5.88 Å². The molecule has 6 rings (SSSR count). The van der Waals surface area contributed by atoms with Gasteiger partial charge in [-0.05, 0) is 42.9 Å². The van der Waals surface area contributed by atoms with E-state index in [2.05, 4.69) is 31.2 Å². The van der Waals surface area contributed by atoms with E-state index in [9.17, 15) is 0 Å². The SMILES string of the molecule is COc1ccc(CNc2ncccc2C2(N3CCOc4nc(Cl)c(F)c5nc(SC)nc3c45)CC2)cc1. The molecule has 2 aliphatic rings. The molecule has 0 radical (unpaired) electrons. The highest BCUT2D eigenvalue weighted by Crippen LogP contribution is 2.56. The second-order valence-corrected chi connectivity index (χ2v) is 10.0. The Morgan fingerprint density at radius 3 is 2.73 bits per heavy atom. The molecule has 1 saturated carbocycles. The smallest absolute Gasteiger partial charge is 0.228 e. The quantitative estimate of drug-likeness (QED) is 0.188. The van der Waals surface area contributed by atoms with E-state index in [4.69, 9.17) is 26.1 Å². The van der Waals surface area contributed by atoms with Crippen LogP contribution in [0.15, 0.2) is 47.8 Å². The van der Waals surface area contributed by atoms with Crippen molar-refractivity contribution >= 4 is 45.9 Å². The van der Waals surface area contributed by atoms with Gasteiger partial charge in [-0.15, -0.1) is 0 Å². The highest BCUT2D eigenvalue weighted by atomic mass is 35.5. The van der Waals surface area contributed by atoms with Crippen molar-refractivity contribution in [2.75, 3.05) is 36.7 Å². The monoisotopic (exact) mass is 538 g/mol. The number of benzene rings is 1. The van der Waals surface area contributed by atoms with Crippen molar-refractivity contribution < 1.29 is 13.9 Å². The lowest BCUT2D eigenvalue weighted by atomic mass is 10.0.